The first-order valence-corrected chi connectivity index (χ1v) is 10.4. The Hall–Kier alpha value is -4.45. The van der Waals surface area contributed by atoms with Crippen LogP contribution in [0.4, 0.5) is 0 Å². The first kappa shape index (κ1) is 21.8. The molecule has 0 bridgehead atoms. The van der Waals surface area contributed by atoms with E-state index in [1.807, 2.05) is 60.7 Å². The normalized spacial score (nSPS) is 10.8. The molecule has 0 heterocycles. The number of hydrazone groups is 1. The Morgan fingerprint density at radius 2 is 1.61 bits per heavy atom. The van der Waals surface area contributed by atoms with E-state index in [1.165, 1.54) is 6.21 Å². The van der Waals surface area contributed by atoms with Crippen LogP contribution < -0.4 is 14.9 Å². The van der Waals surface area contributed by atoms with E-state index in [9.17, 15) is 9.59 Å². The van der Waals surface area contributed by atoms with Gasteiger partial charge in [-0.2, -0.15) is 5.10 Å². The molecule has 6 nitrogen and oxygen atoms in total. The van der Waals surface area contributed by atoms with E-state index < -0.39 is 5.97 Å². The van der Waals surface area contributed by atoms with Gasteiger partial charge < -0.3 is 9.47 Å². The first-order chi connectivity index (χ1) is 16.1. The topological polar surface area (TPSA) is 77.0 Å². The number of nitrogens with one attached hydrogen (secondary N) is 1. The zero-order valence-corrected chi connectivity index (χ0v) is 18.0. The highest BCUT2D eigenvalue weighted by atomic mass is 16.5. The van der Waals surface area contributed by atoms with Gasteiger partial charge in [-0.05, 0) is 46.7 Å². The number of benzene rings is 4. The average molecular weight is 438 g/mol. The smallest absolute Gasteiger partial charge is 0.343 e. The van der Waals surface area contributed by atoms with E-state index in [2.05, 4.69) is 10.5 Å². The van der Waals surface area contributed by atoms with Gasteiger partial charge in [0, 0.05) is 5.56 Å². The van der Waals surface area contributed by atoms with Crippen molar-refractivity contribution in [2.45, 2.75) is 6.42 Å². The Labute approximate surface area is 191 Å². The van der Waals surface area contributed by atoms with Crippen molar-refractivity contribution in [3.63, 3.8) is 0 Å². The van der Waals surface area contributed by atoms with E-state index in [4.69, 9.17) is 9.47 Å². The van der Waals surface area contributed by atoms with Crippen LogP contribution in [0.15, 0.2) is 96.1 Å². The number of hydrogen-bond acceptors (Lipinski definition) is 5. The SMILES string of the molecule is COc1ccc(C(=O)Oc2ccc3ccccc3c2C=NNC(=O)Cc2ccccc2)cc1. The molecule has 0 aliphatic rings. The summed E-state index contributed by atoms with van der Waals surface area (Å²) in [5.41, 5.74) is 4.42. The Kier molecular flexibility index (Phi) is 6.75. The molecule has 1 amide bonds. The lowest BCUT2D eigenvalue weighted by molar-refractivity contribution is -0.120. The lowest BCUT2D eigenvalue weighted by Gasteiger charge is -2.11. The van der Waals surface area contributed by atoms with Crippen LogP contribution in [0.1, 0.15) is 21.5 Å². The van der Waals surface area contributed by atoms with Crippen LogP contribution in [0.3, 0.4) is 0 Å². The van der Waals surface area contributed by atoms with Crippen molar-refractivity contribution in [3.05, 3.63) is 108 Å². The summed E-state index contributed by atoms with van der Waals surface area (Å²) in [6.07, 6.45) is 1.72. The second-order valence-corrected chi connectivity index (χ2v) is 7.27. The molecule has 33 heavy (non-hydrogen) atoms. The molecule has 0 aliphatic heterocycles. The molecule has 0 saturated heterocycles. The molecular formula is C27H22N2O4. The van der Waals surface area contributed by atoms with Crippen molar-refractivity contribution in [1.82, 2.24) is 5.43 Å². The minimum absolute atomic E-state index is 0.215. The third-order valence-corrected chi connectivity index (χ3v) is 5.05. The summed E-state index contributed by atoms with van der Waals surface area (Å²) in [5.74, 6) is 0.247. The summed E-state index contributed by atoms with van der Waals surface area (Å²) < 4.78 is 10.8. The van der Waals surface area contributed by atoms with E-state index in [1.54, 1.807) is 37.4 Å². The maximum Gasteiger partial charge on any atom is 0.343 e. The van der Waals surface area contributed by atoms with Crippen molar-refractivity contribution in [2.75, 3.05) is 7.11 Å². The van der Waals surface area contributed by atoms with Gasteiger partial charge in [-0.3, -0.25) is 4.79 Å². The summed E-state index contributed by atoms with van der Waals surface area (Å²) in [7, 11) is 1.56. The monoisotopic (exact) mass is 438 g/mol. The number of methoxy groups -OCH3 is 1. The molecule has 0 fully saturated rings. The van der Waals surface area contributed by atoms with Crippen LogP contribution in [0, 0.1) is 0 Å². The number of rotatable bonds is 7. The van der Waals surface area contributed by atoms with Crippen LogP contribution in [-0.2, 0) is 11.2 Å². The average Bonchev–Trinajstić information content (AvgIpc) is 2.85. The van der Waals surface area contributed by atoms with Crippen molar-refractivity contribution in [1.29, 1.82) is 0 Å². The molecule has 0 radical (unpaired) electrons. The van der Waals surface area contributed by atoms with Crippen molar-refractivity contribution in [3.8, 4) is 11.5 Å². The standard InChI is InChI=1S/C27H22N2O4/c1-32-22-14-11-21(12-15-22)27(31)33-25-16-13-20-9-5-6-10-23(20)24(25)18-28-29-26(30)17-19-7-3-2-4-8-19/h2-16,18H,17H2,1H3,(H,29,30). The summed E-state index contributed by atoms with van der Waals surface area (Å²) in [6.45, 7) is 0. The van der Waals surface area contributed by atoms with Gasteiger partial charge in [-0.1, -0.05) is 60.7 Å². The van der Waals surface area contributed by atoms with E-state index in [-0.39, 0.29) is 12.3 Å². The van der Waals surface area contributed by atoms with Gasteiger partial charge in [-0.25, -0.2) is 10.2 Å². The number of carbonyl (C=O) groups excluding carboxylic acids is 2. The minimum Gasteiger partial charge on any atom is -0.497 e. The highest BCUT2D eigenvalue weighted by molar-refractivity contribution is 6.04. The molecule has 0 atom stereocenters. The summed E-state index contributed by atoms with van der Waals surface area (Å²) in [5, 5.41) is 5.92. The van der Waals surface area contributed by atoms with Gasteiger partial charge in [0.05, 0.1) is 25.3 Å². The Balaban J connectivity index is 1.56. The van der Waals surface area contributed by atoms with Crippen LogP contribution in [0.5, 0.6) is 11.5 Å². The molecule has 1 N–H and O–H groups in total. The largest absolute Gasteiger partial charge is 0.497 e. The number of ether oxygens (including phenoxy) is 2. The van der Waals surface area contributed by atoms with Crippen LogP contribution in [-0.4, -0.2) is 25.2 Å². The fourth-order valence-corrected chi connectivity index (χ4v) is 3.37. The predicted octanol–water partition coefficient (Wildman–Crippen LogP) is 4.76. The number of esters is 1. The Morgan fingerprint density at radius 1 is 0.879 bits per heavy atom. The number of carbonyl (C=O) groups is 2. The third kappa shape index (κ3) is 5.43. The highest BCUT2D eigenvalue weighted by Crippen LogP contribution is 2.27. The molecule has 0 unspecified atom stereocenters. The molecule has 4 rings (SSSR count). The molecule has 0 aromatic heterocycles. The van der Waals surface area contributed by atoms with E-state index in [0.717, 1.165) is 16.3 Å². The number of fused-ring (bicyclic) bond motifs is 1. The van der Waals surface area contributed by atoms with E-state index in [0.29, 0.717) is 22.6 Å². The molecular weight excluding hydrogens is 416 g/mol. The van der Waals surface area contributed by atoms with Crippen molar-refractivity contribution < 1.29 is 19.1 Å². The van der Waals surface area contributed by atoms with E-state index >= 15 is 0 Å². The van der Waals surface area contributed by atoms with Crippen molar-refractivity contribution in [2.24, 2.45) is 5.10 Å². The van der Waals surface area contributed by atoms with Gasteiger partial charge >= 0.3 is 5.97 Å². The molecule has 0 aliphatic carbocycles. The van der Waals surface area contributed by atoms with Gasteiger partial charge in [0.15, 0.2) is 0 Å². The van der Waals surface area contributed by atoms with Crippen LogP contribution >= 0.6 is 0 Å². The second kappa shape index (κ2) is 10.2. The zero-order chi connectivity index (χ0) is 23.0. The quantitative estimate of drug-likeness (QED) is 0.195. The summed E-state index contributed by atoms with van der Waals surface area (Å²) in [4.78, 5) is 25.0. The lowest BCUT2D eigenvalue weighted by Crippen LogP contribution is -2.19. The van der Waals surface area contributed by atoms with Crippen LogP contribution in [0.25, 0.3) is 10.8 Å². The molecule has 0 saturated carbocycles. The van der Waals surface area contributed by atoms with Gasteiger partial charge in [0.1, 0.15) is 11.5 Å². The maximum atomic E-state index is 12.7. The fourth-order valence-electron chi connectivity index (χ4n) is 3.37. The molecule has 4 aromatic carbocycles. The Morgan fingerprint density at radius 3 is 2.36 bits per heavy atom. The third-order valence-electron chi connectivity index (χ3n) is 5.05. The number of hydrogen-bond donors (Lipinski definition) is 1. The zero-order valence-electron chi connectivity index (χ0n) is 18.0. The second-order valence-electron chi connectivity index (χ2n) is 7.27. The molecule has 6 heteroatoms. The molecule has 4 aromatic rings. The lowest BCUT2D eigenvalue weighted by atomic mass is 10.0. The molecule has 164 valence electrons. The van der Waals surface area contributed by atoms with Gasteiger partial charge in [0.2, 0.25) is 5.91 Å². The number of amides is 1. The van der Waals surface area contributed by atoms with Crippen LogP contribution in [0.2, 0.25) is 0 Å². The summed E-state index contributed by atoms with van der Waals surface area (Å²) in [6, 6.07) is 27.4. The number of nitrogens with zero attached hydrogens (tertiary/aromatic N) is 1. The highest BCUT2D eigenvalue weighted by Gasteiger charge is 2.14. The maximum absolute atomic E-state index is 12.7. The van der Waals surface area contributed by atoms with Gasteiger partial charge in [0.25, 0.3) is 0 Å². The molecule has 0 spiro atoms. The Bertz CT molecular complexity index is 1300. The first-order valence-electron chi connectivity index (χ1n) is 10.4. The minimum atomic E-state index is -0.504. The summed E-state index contributed by atoms with van der Waals surface area (Å²) >= 11 is 0. The van der Waals surface area contributed by atoms with Crippen molar-refractivity contribution >= 4 is 28.9 Å². The van der Waals surface area contributed by atoms with Gasteiger partial charge in [-0.15, -0.1) is 0 Å². The predicted molar refractivity (Wildman–Crippen MR) is 128 cm³/mol. The fraction of sp³-hybridized carbons (Fsp3) is 0.0741.